The van der Waals surface area contributed by atoms with Gasteiger partial charge in [-0.25, -0.2) is 9.78 Å². The average molecular weight is 358 g/mol. The topological polar surface area (TPSA) is 70.5 Å². The maximum atomic E-state index is 12.6. The van der Waals surface area contributed by atoms with Crippen LogP contribution in [0, 0.1) is 6.92 Å². The van der Waals surface area contributed by atoms with Gasteiger partial charge in [-0.3, -0.25) is 4.79 Å². The van der Waals surface area contributed by atoms with E-state index >= 15 is 0 Å². The first-order chi connectivity index (χ1) is 12.0. The number of aromatic carboxylic acids is 1. The van der Waals surface area contributed by atoms with E-state index in [2.05, 4.69) is 4.98 Å². The van der Waals surface area contributed by atoms with Crippen LogP contribution >= 0.6 is 11.3 Å². The molecule has 1 aromatic heterocycles. The monoisotopic (exact) mass is 358 g/mol. The van der Waals surface area contributed by atoms with Crippen LogP contribution in [0.15, 0.2) is 29.8 Å². The quantitative estimate of drug-likeness (QED) is 0.888. The summed E-state index contributed by atoms with van der Waals surface area (Å²) >= 11 is 1.60. The molecule has 1 fully saturated rings. The van der Waals surface area contributed by atoms with Gasteiger partial charge in [-0.15, -0.1) is 11.3 Å². The molecule has 1 N–H and O–H groups in total. The highest BCUT2D eigenvalue weighted by molar-refractivity contribution is 7.09. The van der Waals surface area contributed by atoms with Crippen LogP contribution in [0.5, 0.6) is 0 Å². The number of carbonyl (C=O) groups is 2. The normalized spacial score (nSPS) is 17.5. The van der Waals surface area contributed by atoms with Gasteiger partial charge in [0, 0.05) is 30.3 Å². The van der Waals surface area contributed by atoms with Gasteiger partial charge in [0.2, 0.25) is 5.91 Å². The number of hydrogen-bond donors (Lipinski definition) is 1. The van der Waals surface area contributed by atoms with E-state index in [0.717, 1.165) is 37.1 Å². The number of rotatable bonds is 5. The first kappa shape index (κ1) is 17.6. The second-order valence-corrected chi connectivity index (χ2v) is 7.41. The van der Waals surface area contributed by atoms with Crippen LogP contribution in [0.25, 0.3) is 0 Å². The molecule has 3 rings (SSSR count). The van der Waals surface area contributed by atoms with Crippen molar-refractivity contribution in [3.63, 3.8) is 0 Å². The van der Waals surface area contributed by atoms with Gasteiger partial charge in [0.25, 0.3) is 0 Å². The summed E-state index contributed by atoms with van der Waals surface area (Å²) in [4.78, 5) is 31.1. The molecule has 25 heavy (non-hydrogen) atoms. The zero-order valence-electron chi connectivity index (χ0n) is 14.3. The maximum absolute atomic E-state index is 12.6. The molecule has 1 aliphatic heterocycles. The number of carboxylic acid groups (broad SMARTS) is 1. The smallest absolute Gasteiger partial charge is 0.335 e. The van der Waals surface area contributed by atoms with E-state index < -0.39 is 5.97 Å². The van der Waals surface area contributed by atoms with Crippen molar-refractivity contribution in [2.75, 3.05) is 13.1 Å². The molecular weight excluding hydrogens is 336 g/mol. The Morgan fingerprint density at radius 3 is 2.96 bits per heavy atom. The second-order valence-electron chi connectivity index (χ2n) is 6.47. The third-order valence-electron chi connectivity index (χ3n) is 4.79. The van der Waals surface area contributed by atoms with E-state index in [0.29, 0.717) is 18.5 Å². The fourth-order valence-electron chi connectivity index (χ4n) is 3.35. The van der Waals surface area contributed by atoms with E-state index in [4.69, 9.17) is 5.11 Å². The number of aryl methyl sites for hydroxylation is 2. The zero-order valence-corrected chi connectivity index (χ0v) is 15.1. The molecule has 1 aliphatic rings. The van der Waals surface area contributed by atoms with Crippen molar-refractivity contribution in [2.45, 2.75) is 38.5 Å². The van der Waals surface area contributed by atoms with E-state index in [1.165, 1.54) is 4.88 Å². The molecule has 6 heteroatoms. The van der Waals surface area contributed by atoms with Crippen molar-refractivity contribution in [1.29, 1.82) is 0 Å². The molecule has 1 unspecified atom stereocenters. The molecule has 1 saturated heterocycles. The largest absolute Gasteiger partial charge is 0.478 e. The minimum Gasteiger partial charge on any atom is -0.478 e. The molecule has 0 bridgehead atoms. The van der Waals surface area contributed by atoms with Gasteiger partial charge in [-0.2, -0.15) is 0 Å². The number of carbonyl (C=O) groups excluding carboxylic acids is 1. The Bertz CT molecular complexity index is 772. The summed E-state index contributed by atoms with van der Waals surface area (Å²) < 4.78 is 0. The number of aromatic nitrogens is 1. The number of likely N-dealkylation sites (tertiary alicyclic amines) is 1. The molecule has 1 amide bonds. The number of nitrogens with zero attached hydrogens (tertiary/aromatic N) is 2. The summed E-state index contributed by atoms with van der Waals surface area (Å²) in [5.74, 6) is -0.528. The molecule has 2 heterocycles. The molecule has 1 aromatic carbocycles. The van der Waals surface area contributed by atoms with Crippen LogP contribution in [0.1, 0.15) is 51.7 Å². The number of benzene rings is 1. The van der Waals surface area contributed by atoms with Gasteiger partial charge in [0.15, 0.2) is 0 Å². The van der Waals surface area contributed by atoms with Crippen LogP contribution < -0.4 is 0 Å². The Balaban J connectivity index is 1.62. The standard InChI is InChI=1S/C19H22N2O3S/c1-13-17(25-12-20-13)7-8-18(22)21-9-3-6-16(11-21)14-4-2-5-15(10-14)19(23)24/h2,4-5,10,12,16H,3,6-9,11H2,1H3,(H,23,24). The van der Waals surface area contributed by atoms with Crippen molar-refractivity contribution in [2.24, 2.45) is 0 Å². The van der Waals surface area contributed by atoms with Crippen LogP contribution in [-0.2, 0) is 11.2 Å². The summed E-state index contributed by atoms with van der Waals surface area (Å²) in [6.45, 7) is 3.43. The molecule has 5 nitrogen and oxygen atoms in total. The Hall–Kier alpha value is -2.21. The van der Waals surface area contributed by atoms with Crippen molar-refractivity contribution < 1.29 is 14.7 Å². The summed E-state index contributed by atoms with van der Waals surface area (Å²) in [5.41, 5.74) is 4.15. The number of amides is 1. The summed E-state index contributed by atoms with van der Waals surface area (Å²) in [5, 5.41) is 9.16. The SMILES string of the molecule is Cc1ncsc1CCC(=O)N1CCCC(c2cccc(C(=O)O)c2)C1. The highest BCUT2D eigenvalue weighted by atomic mass is 32.1. The predicted octanol–water partition coefficient (Wildman–Crippen LogP) is 3.49. The Morgan fingerprint density at radius 2 is 2.24 bits per heavy atom. The van der Waals surface area contributed by atoms with Crippen LogP contribution in [0.4, 0.5) is 0 Å². The maximum Gasteiger partial charge on any atom is 0.335 e. The lowest BCUT2D eigenvalue weighted by atomic mass is 9.89. The molecule has 2 aromatic rings. The number of thiazole rings is 1. The van der Waals surface area contributed by atoms with E-state index in [-0.39, 0.29) is 11.8 Å². The second kappa shape index (κ2) is 7.78. The van der Waals surface area contributed by atoms with Crippen molar-refractivity contribution in [3.8, 4) is 0 Å². The zero-order chi connectivity index (χ0) is 17.8. The minimum atomic E-state index is -0.912. The first-order valence-electron chi connectivity index (χ1n) is 8.54. The molecule has 1 atom stereocenters. The molecule has 0 saturated carbocycles. The van der Waals surface area contributed by atoms with Crippen LogP contribution in [-0.4, -0.2) is 40.0 Å². The summed E-state index contributed by atoms with van der Waals surface area (Å²) in [6, 6.07) is 7.09. The lowest BCUT2D eigenvalue weighted by molar-refractivity contribution is -0.132. The highest BCUT2D eigenvalue weighted by Crippen LogP contribution is 2.28. The number of piperidine rings is 1. The van der Waals surface area contributed by atoms with E-state index in [9.17, 15) is 9.59 Å². The number of hydrogen-bond acceptors (Lipinski definition) is 4. The third-order valence-corrected chi connectivity index (χ3v) is 5.78. The van der Waals surface area contributed by atoms with Crippen molar-refractivity contribution in [3.05, 3.63) is 51.5 Å². The fraction of sp³-hybridized carbons (Fsp3) is 0.421. The molecule has 0 aliphatic carbocycles. The Morgan fingerprint density at radius 1 is 1.40 bits per heavy atom. The van der Waals surface area contributed by atoms with Crippen molar-refractivity contribution >= 4 is 23.2 Å². The summed E-state index contributed by atoms with van der Waals surface area (Å²) in [6.07, 6.45) is 3.18. The lowest BCUT2D eigenvalue weighted by Gasteiger charge is -2.33. The molecule has 0 spiro atoms. The Labute approximate surface area is 151 Å². The van der Waals surface area contributed by atoms with E-state index in [1.54, 1.807) is 29.5 Å². The third kappa shape index (κ3) is 4.25. The van der Waals surface area contributed by atoms with Gasteiger partial charge in [0.1, 0.15) is 0 Å². The fourth-order valence-corrected chi connectivity index (χ4v) is 4.13. The van der Waals surface area contributed by atoms with Crippen LogP contribution in [0.3, 0.4) is 0 Å². The highest BCUT2D eigenvalue weighted by Gasteiger charge is 2.25. The first-order valence-corrected chi connectivity index (χ1v) is 9.42. The lowest BCUT2D eigenvalue weighted by Crippen LogP contribution is -2.39. The summed E-state index contributed by atoms with van der Waals surface area (Å²) in [7, 11) is 0. The number of carboxylic acids is 1. The average Bonchev–Trinajstić information content (AvgIpc) is 3.05. The van der Waals surface area contributed by atoms with Gasteiger partial charge < -0.3 is 10.0 Å². The Kier molecular flexibility index (Phi) is 5.48. The van der Waals surface area contributed by atoms with Gasteiger partial charge in [0.05, 0.1) is 16.8 Å². The molecular formula is C19H22N2O3S. The van der Waals surface area contributed by atoms with Gasteiger partial charge in [-0.05, 0) is 43.9 Å². The van der Waals surface area contributed by atoms with Crippen LogP contribution in [0.2, 0.25) is 0 Å². The van der Waals surface area contributed by atoms with Gasteiger partial charge in [-0.1, -0.05) is 12.1 Å². The predicted molar refractivity (Wildman–Crippen MR) is 97.1 cm³/mol. The van der Waals surface area contributed by atoms with E-state index in [1.807, 2.05) is 23.4 Å². The minimum absolute atomic E-state index is 0.173. The molecule has 132 valence electrons. The van der Waals surface area contributed by atoms with Gasteiger partial charge >= 0.3 is 5.97 Å². The van der Waals surface area contributed by atoms with Crippen molar-refractivity contribution in [1.82, 2.24) is 9.88 Å². The molecule has 0 radical (unpaired) electrons.